The molecular weight excluding hydrogens is 502 g/mol. The van der Waals surface area contributed by atoms with Crippen LogP contribution in [0.1, 0.15) is 43.1 Å². The number of anilines is 2. The maximum absolute atomic E-state index is 13.7. The fraction of sp³-hybridized carbons (Fsp3) is 0.182. The van der Waals surface area contributed by atoms with Gasteiger partial charge in [-0.3, -0.25) is 14.4 Å². The highest BCUT2D eigenvalue weighted by atomic mass is 16.3. The number of rotatable bonds is 4. The number of aliphatic hydroxyl groups excluding tert-OH is 1. The lowest BCUT2D eigenvalue weighted by Crippen LogP contribution is -2.42. The molecule has 0 aliphatic carbocycles. The normalized spacial score (nSPS) is 18.1. The lowest BCUT2D eigenvalue weighted by molar-refractivity contribution is 0.0724. The summed E-state index contributed by atoms with van der Waals surface area (Å²) in [5, 5.41) is 13.2. The standard InChI is InChI=1S/C33H29N3O4/c1-21-10-12-22(13-11-21)27-6-2-3-7-28(27)31(38)34-24-16-14-23(15-17-24)32(39)36-19-25-18-26(37)20-35(25)33(40)29-8-4-5-9-30(29)36/h2-17,25-26,37H,18-20H2,1H3,(H,34,38)/t25-,26+/m0/s1. The number of fused-ring (bicyclic) bond motifs is 2. The lowest BCUT2D eigenvalue weighted by atomic mass is 9.98. The molecule has 2 aliphatic rings. The third-order valence-electron chi connectivity index (χ3n) is 7.64. The quantitative estimate of drug-likeness (QED) is 0.381. The van der Waals surface area contributed by atoms with Crippen molar-refractivity contribution in [2.75, 3.05) is 23.3 Å². The van der Waals surface area contributed by atoms with Gasteiger partial charge in [0.1, 0.15) is 0 Å². The van der Waals surface area contributed by atoms with Crippen molar-refractivity contribution in [3.63, 3.8) is 0 Å². The first-order chi connectivity index (χ1) is 19.4. The first-order valence-corrected chi connectivity index (χ1v) is 13.4. The molecule has 3 amide bonds. The van der Waals surface area contributed by atoms with Gasteiger partial charge in [-0.2, -0.15) is 0 Å². The summed E-state index contributed by atoms with van der Waals surface area (Å²) >= 11 is 0. The number of hydrogen-bond acceptors (Lipinski definition) is 4. The monoisotopic (exact) mass is 531 g/mol. The van der Waals surface area contributed by atoms with Crippen molar-refractivity contribution in [3.8, 4) is 11.1 Å². The molecule has 2 N–H and O–H groups in total. The summed E-state index contributed by atoms with van der Waals surface area (Å²) < 4.78 is 0. The van der Waals surface area contributed by atoms with Gasteiger partial charge in [0.15, 0.2) is 0 Å². The minimum atomic E-state index is -0.602. The highest BCUT2D eigenvalue weighted by Gasteiger charge is 2.41. The number of carbonyl (C=O) groups excluding carboxylic acids is 3. The predicted molar refractivity (Wildman–Crippen MR) is 155 cm³/mol. The van der Waals surface area contributed by atoms with Crippen molar-refractivity contribution in [1.82, 2.24) is 4.90 Å². The Bertz CT molecular complexity index is 1600. The van der Waals surface area contributed by atoms with E-state index in [1.54, 1.807) is 58.3 Å². The molecule has 4 aromatic rings. The minimum absolute atomic E-state index is 0.170. The van der Waals surface area contributed by atoms with E-state index in [1.807, 2.05) is 55.5 Å². The average molecular weight is 532 g/mol. The number of aryl methyl sites for hydroxylation is 1. The van der Waals surface area contributed by atoms with Crippen molar-refractivity contribution in [3.05, 3.63) is 119 Å². The molecule has 0 radical (unpaired) electrons. The molecule has 0 spiro atoms. The topological polar surface area (TPSA) is 89.9 Å². The fourth-order valence-electron chi connectivity index (χ4n) is 5.58. The Hall–Kier alpha value is -4.75. The summed E-state index contributed by atoms with van der Waals surface area (Å²) in [6.45, 7) is 2.59. The van der Waals surface area contributed by atoms with Crippen LogP contribution >= 0.6 is 0 Å². The van der Waals surface area contributed by atoms with Crippen LogP contribution < -0.4 is 10.2 Å². The summed E-state index contributed by atoms with van der Waals surface area (Å²) in [6.07, 6.45) is -0.173. The molecule has 0 aromatic heterocycles. The predicted octanol–water partition coefficient (Wildman–Crippen LogP) is 5.15. The number of hydrogen-bond donors (Lipinski definition) is 2. The van der Waals surface area contributed by atoms with Gasteiger partial charge in [-0.15, -0.1) is 0 Å². The number of nitrogens with zero attached hydrogens (tertiary/aromatic N) is 2. The maximum Gasteiger partial charge on any atom is 0.258 e. The summed E-state index contributed by atoms with van der Waals surface area (Å²) in [7, 11) is 0. The second-order valence-electron chi connectivity index (χ2n) is 10.4. The largest absolute Gasteiger partial charge is 0.391 e. The van der Waals surface area contributed by atoms with Gasteiger partial charge in [0, 0.05) is 29.9 Å². The van der Waals surface area contributed by atoms with Crippen LogP contribution in [0, 0.1) is 6.92 Å². The Balaban J connectivity index is 1.23. The van der Waals surface area contributed by atoms with E-state index in [1.165, 1.54) is 0 Å². The van der Waals surface area contributed by atoms with Crippen molar-refractivity contribution >= 4 is 29.1 Å². The van der Waals surface area contributed by atoms with Crippen LogP contribution in [0.2, 0.25) is 0 Å². The Morgan fingerprint density at radius 2 is 1.50 bits per heavy atom. The second-order valence-corrected chi connectivity index (χ2v) is 10.4. The van der Waals surface area contributed by atoms with E-state index in [9.17, 15) is 19.5 Å². The molecule has 6 rings (SSSR count). The molecule has 1 saturated heterocycles. The van der Waals surface area contributed by atoms with Crippen LogP contribution in [0.3, 0.4) is 0 Å². The molecule has 1 fully saturated rings. The van der Waals surface area contributed by atoms with Gasteiger partial charge < -0.3 is 20.2 Å². The van der Waals surface area contributed by atoms with Gasteiger partial charge >= 0.3 is 0 Å². The molecule has 200 valence electrons. The Morgan fingerprint density at radius 1 is 0.825 bits per heavy atom. The Morgan fingerprint density at radius 3 is 2.25 bits per heavy atom. The first-order valence-electron chi connectivity index (χ1n) is 13.4. The average Bonchev–Trinajstić information content (AvgIpc) is 3.31. The Kier molecular flexibility index (Phi) is 6.66. The van der Waals surface area contributed by atoms with E-state index >= 15 is 0 Å². The fourth-order valence-corrected chi connectivity index (χ4v) is 5.58. The summed E-state index contributed by atoms with van der Waals surface area (Å²) in [4.78, 5) is 43.5. The number of carbonyl (C=O) groups is 3. The van der Waals surface area contributed by atoms with E-state index < -0.39 is 6.10 Å². The smallest absolute Gasteiger partial charge is 0.258 e. The van der Waals surface area contributed by atoms with Gasteiger partial charge in [0.05, 0.1) is 23.4 Å². The van der Waals surface area contributed by atoms with Crippen LogP contribution in [0.15, 0.2) is 97.1 Å². The molecule has 4 aromatic carbocycles. The van der Waals surface area contributed by atoms with E-state index in [0.717, 1.165) is 16.7 Å². The molecule has 0 bridgehead atoms. The van der Waals surface area contributed by atoms with E-state index in [2.05, 4.69) is 5.32 Å². The molecule has 7 nitrogen and oxygen atoms in total. The second kappa shape index (κ2) is 10.4. The lowest BCUT2D eigenvalue weighted by Gasteiger charge is -2.26. The van der Waals surface area contributed by atoms with Crippen molar-refractivity contribution in [1.29, 1.82) is 0 Å². The highest BCUT2D eigenvalue weighted by Crippen LogP contribution is 2.33. The zero-order chi connectivity index (χ0) is 27.8. The van der Waals surface area contributed by atoms with Crippen LogP contribution in [0.5, 0.6) is 0 Å². The molecule has 0 unspecified atom stereocenters. The molecule has 2 atom stereocenters. The van der Waals surface area contributed by atoms with Gasteiger partial charge in [0.25, 0.3) is 17.7 Å². The van der Waals surface area contributed by atoms with Crippen LogP contribution in [-0.4, -0.2) is 53.0 Å². The molecule has 2 heterocycles. The third-order valence-corrected chi connectivity index (χ3v) is 7.64. The zero-order valence-electron chi connectivity index (χ0n) is 22.1. The van der Waals surface area contributed by atoms with Crippen LogP contribution in [-0.2, 0) is 0 Å². The van der Waals surface area contributed by atoms with Crippen LogP contribution in [0.4, 0.5) is 11.4 Å². The van der Waals surface area contributed by atoms with Crippen molar-refractivity contribution in [2.24, 2.45) is 0 Å². The van der Waals surface area contributed by atoms with Gasteiger partial charge in [-0.25, -0.2) is 0 Å². The SMILES string of the molecule is Cc1ccc(-c2ccccc2C(=O)Nc2ccc(C(=O)N3C[C@@H]4C[C@@H](O)CN4C(=O)c4ccccc43)cc2)cc1. The van der Waals surface area contributed by atoms with E-state index in [0.29, 0.717) is 41.0 Å². The Labute approximate surface area is 232 Å². The number of para-hydroxylation sites is 1. The van der Waals surface area contributed by atoms with Gasteiger partial charge in [0.2, 0.25) is 0 Å². The minimum Gasteiger partial charge on any atom is -0.391 e. The molecule has 2 aliphatic heterocycles. The van der Waals surface area contributed by atoms with Crippen molar-refractivity contribution < 1.29 is 19.5 Å². The van der Waals surface area contributed by atoms with E-state index in [-0.39, 0.29) is 30.3 Å². The van der Waals surface area contributed by atoms with Crippen LogP contribution in [0.25, 0.3) is 11.1 Å². The number of amides is 3. The summed E-state index contributed by atoms with van der Waals surface area (Å²) in [5.74, 6) is -0.655. The van der Waals surface area contributed by atoms with Gasteiger partial charge in [-0.1, -0.05) is 60.2 Å². The van der Waals surface area contributed by atoms with Crippen molar-refractivity contribution in [2.45, 2.75) is 25.5 Å². The first kappa shape index (κ1) is 25.5. The number of aliphatic hydroxyl groups is 1. The zero-order valence-corrected chi connectivity index (χ0v) is 22.1. The molecule has 7 heteroatoms. The highest BCUT2D eigenvalue weighted by molar-refractivity contribution is 6.12. The molecule has 0 saturated carbocycles. The van der Waals surface area contributed by atoms with Gasteiger partial charge in [-0.05, 0) is 66.9 Å². The molecule has 40 heavy (non-hydrogen) atoms. The maximum atomic E-state index is 13.7. The van der Waals surface area contributed by atoms with E-state index in [4.69, 9.17) is 0 Å². The summed E-state index contributed by atoms with van der Waals surface area (Å²) in [6, 6.07) is 29.1. The summed E-state index contributed by atoms with van der Waals surface area (Å²) in [5.41, 5.74) is 5.52. The number of nitrogens with one attached hydrogen (secondary N) is 1. The third kappa shape index (κ3) is 4.76. The number of benzene rings is 4. The molecular formula is C33H29N3O4.